The maximum Gasteiger partial charge on any atom is 0.523 e. The number of carbonyl (C=O) groups is 1. The maximum absolute atomic E-state index is 12.6. The Balaban J connectivity index is 2.40. The first kappa shape index (κ1) is 23.1. The van der Waals surface area contributed by atoms with E-state index in [0.29, 0.717) is 6.04 Å². The molecule has 0 saturated heterocycles. The molecular formula is C19H21F3O5SSi. The predicted octanol–water partition coefficient (Wildman–Crippen LogP) is 2.68. The molecule has 5 nitrogen and oxygen atoms in total. The van der Waals surface area contributed by atoms with Crippen LogP contribution in [0.2, 0.25) is 12.1 Å². The summed E-state index contributed by atoms with van der Waals surface area (Å²) in [5, 5.41) is 1.76. The van der Waals surface area contributed by atoms with Gasteiger partial charge in [-0.05, 0) is 12.1 Å². The molecule has 0 aliphatic carbocycles. The zero-order chi connectivity index (χ0) is 21.5. The summed E-state index contributed by atoms with van der Waals surface area (Å²) in [6.45, 7) is 0.711. The first-order valence-corrected chi connectivity index (χ1v) is 12.6. The largest absolute Gasteiger partial charge is 0.523 e. The molecule has 158 valence electrons. The summed E-state index contributed by atoms with van der Waals surface area (Å²) < 4.78 is 69.9. The van der Waals surface area contributed by atoms with Crippen molar-refractivity contribution in [1.82, 2.24) is 0 Å². The first-order chi connectivity index (χ1) is 13.6. The molecule has 0 bridgehead atoms. The monoisotopic (exact) mass is 446 g/mol. The molecule has 0 saturated carbocycles. The molecule has 2 rings (SSSR count). The van der Waals surface area contributed by atoms with Gasteiger partial charge in [0, 0.05) is 6.92 Å². The highest BCUT2D eigenvalue weighted by Gasteiger charge is 2.48. The van der Waals surface area contributed by atoms with E-state index >= 15 is 0 Å². The van der Waals surface area contributed by atoms with Crippen LogP contribution in [0, 0.1) is 0 Å². The predicted molar refractivity (Wildman–Crippen MR) is 105 cm³/mol. The van der Waals surface area contributed by atoms with E-state index in [1.165, 1.54) is 6.92 Å². The van der Waals surface area contributed by atoms with E-state index in [9.17, 15) is 26.4 Å². The van der Waals surface area contributed by atoms with E-state index in [4.69, 9.17) is 4.74 Å². The molecule has 0 heterocycles. The fraction of sp³-hybridized carbons (Fsp3) is 0.316. The first-order valence-electron chi connectivity index (χ1n) is 8.79. The van der Waals surface area contributed by atoms with Gasteiger partial charge in [-0.1, -0.05) is 71.0 Å². The Labute approximate surface area is 168 Å². The van der Waals surface area contributed by atoms with Crippen molar-refractivity contribution in [3.63, 3.8) is 0 Å². The molecule has 0 aliphatic rings. The van der Waals surface area contributed by atoms with Gasteiger partial charge in [-0.25, -0.2) is 0 Å². The van der Waals surface area contributed by atoms with Crippen LogP contribution in [-0.2, 0) is 23.8 Å². The fourth-order valence-electron chi connectivity index (χ4n) is 3.14. The SMILES string of the molecule is CC(=O)OCC[Si](CCOS(=O)(=O)C(F)(F)F)(c1ccccc1)c1ccccc1. The topological polar surface area (TPSA) is 69.7 Å². The molecule has 2 aromatic rings. The van der Waals surface area contributed by atoms with Gasteiger partial charge in [0.15, 0.2) is 0 Å². The molecule has 10 heteroatoms. The van der Waals surface area contributed by atoms with Crippen LogP contribution in [0.4, 0.5) is 13.2 Å². The Kier molecular flexibility index (Phi) is 7.61. The molecule has 0 radical (unpaired) electrons. The van der Waals surface area contributed by atoms with Crippen LogP contribution in [0.5, 0.6) is 0 Å². The van der Waals surface area contributed by atoms with Crippen molar-refractivity contribution >= 4 is 34.5 Å². The minimum atomic E-state index is -5.68. The number of hydrogen-bond donors (Lipinski definition) is 0. The fourth-order valence-corrected chi connectivity index (χ4v) is 8.03. The van der Waals surface area contributed by atoms with Crippen molar-refractivity contribution in [1.29, 1.82) is 0 Å². The van der Waals surface area contributed by atoms with Gasteiger partial charge in [0.25, 0.3) is 0 Å². The van der Waals surface area contributed by atoms with Crippen LogP contribution in [0.3, 0.4) is 0 Å². The molecule has 0 aromatic heterocycles. The lowest BCUT2D eigenvalue weighted by Gasteiger charge is -2.33. The van der Waals surface area contributed by atoms with Crippen LogP contribution in [0.15, 0.2) is 60.7 Å². The average Bonchev–Trinajstić information content (AvgIpc) is 2.67. The van der Waals surface area contributed by atoms with Gasteiger partial charge >= 0.3 is 21.6 Å². The second-order valence-corrected chi connectivity index (χ2v) is 12.3. The zero-order valence-electron chi connectivity index (χ0n) is 15.7. The smallest absolute Gasteiger partial charge is 0.466 e. The van der Waals surface area contributed by atoms with E-state index in [1.807, 2.05) is 36.4 Å². The number of hydrogen-bond acceptors (Lipinski definition) is 5. The Hall–Kier alpha value is -2.17. The molecule has 0 unspecified atom stereocenters. The van der Waals surface area contributed by atoms with Gasteiger partial charge in [-0.3, -0.25) is 8.98 Å². The second-order valence-electron chi connectivity index (χ2n) is 6.38. The number of rotatable bonds is 9. The third-order valence-corrected chi connectivity index (χ3v) is 10.6. The van der Waals surface area contributed by atoms with Gasteiger partial charge in [0.05, 0.1) is 13.2 Å². The summed E-state index contributed by atoms with van der Waals surface area (Å²) >= 11 is 0. The second kappa shape index (κ2) is 9.55. The molecular weight excluding hydrogens is 425 g/mol. The Morgan fingerprint density at radius 3 is 1.76 bits per heavy atom. The van der Waals surface area contributed by atoms with Crippen molar-refractivity contribution in [3.8, 4) is 0 Å². The van der Waals surface area contributed by atoms with Gasteiger partial charge in [-0.15, -0.1) is 0 Å². The van der Waals surface area contributed by atoms with Crippen molar-refractivity contribution < 1.29 is 35.3 Å². The molecule has 0 atom stereocenters. The summed E-state index contributed by atoms with van der Waals surface area (Å²) in [6.07, 6.45) is 0. The number of alkyl halides is 3. The molecule has 29 heavy (non-hydrogen) atoms. The van der Waals surface area contributed by atoms with E-state index in [1.54, 1.807) is 24.3 Å². The van der Waals surface area contributed by atoms with Gasteiger partial charge in [-0.2, -0.15) is 21.6 Å². The van der Waals surface area contributed by atoms with E-state index < -0.39 is 36.3 Å². The highest BCUT2D eigenvalue weighted by atomic mass is 32.2. The Morgan fingerprint density at radius 2 is 1.34 bits per heavy atom. The van der Waals surface area contributed by atoms with E-state index in [2.05, 4.69) is 4.18 Å². The molecule has 0 N–H and O–H groups in total. The lowest BCUT2D eigenvalue weighted by molar-refractivity contribution is -0.140. The van der Waals surface area contributed by atoms with Crippen molar-refractivity contribution in [3.05, 3.63) is 60.7 Å². The quantitative estimate of drug-likeness (QED) is 0.256. The number of esters is 1. The summed E-state index contributed by atoms with van der Waals surface area (Å²) in [6, 6.07) is 18.7. The van der Waals surface area contributed by atoms with Crippen LogP contribution in [0.25, 0.3) is 0 Å². The van der Waals surface area contributed by atoms with Crippen molar-refractivity contribution in [2.75, 3.05) is 13.2 Å². The molecule has 0 spiro atoms. The lowest BCUT2D eigenvalue weighted by atomic mass is 10.4. The minimum absolute atomic E-state index is 0.0668. The number of halogens is 3. The molecule has 2 aromatic carbocycles. The highest BCUT2D eigenvalue weighted by molar-refractivity contribution is 7.87. The van der Waals surface area contributed by atoms with Crippen LogP contribution in [0.1, 0.15) is 6.92 Å². The number of carbonyl (C=O) groups excluding carboxylic acids is 1. The van der Waals surface area contributed by atoms with Crippen molar-refractivity contribution in [2.45, 2.75) is 24.5 Å². The Bertz CT molecular complexity index is 863. The van der Waals surface area contributed by atoms with Crippen LogP contribution < -0.4 is 10.4 Å². The number of ether oxygens (including phenoxy) is 1. The van der Waals surface area contributed by atoms with E-state index in [-0.39, 0.29) is 12.7 Å². The van der Waals surface area contributed by atoms with Crippen LogP contribution >= 0.6 is 0 Å². The van der Waals surface area contributed by atoms with Gasteiger partial charge < -0.3 is 4.74 Å². The maximum atomic E-state index is 12.6. The highest BCUT2D eigenvalue weighted by Crippen LogP contribution is 2.26. The third kappa shape index (κ3) is 5.91. The molecule has 0 aliphatic heterocycles. The average molecular weight is 447 g/mol. The summed E-state index contributed by atoms with van der Waals surface area (Å²) in [5.41, 5.74) is -5.48. The lowest BCUT2D eigenvalue weighted by Crippen LogP contribution is -2.59. The Morgan fingerprint density at radius 1 is 0.897 bits per heavy atom. The normalized spacial score (nSPS) is 12.6. The van der Waals surface area contributed by atoms with Crippen LogP contribution in [-0.4, -0.2) is 41.2 Å². The number of benzene rings is 2. The summed E-state index contributed by atoms with van der Waals surface area (Å²) in [7, 11) is -8.49. The molecule has 0 amide bonds. The molecule has 0 fully saturated rings. The summed E-state index contributed by atoms with van der Waals surface area (Å²) in [4.78, 5) is 11.2. The van der Waals surface area contributed by atoms with Crippen molar-refractivity contribution in [2.24, 2.45) is 0 Å². The van der Waals surface area contributed by atoms with E-state index in [0.717, 1.165) is 10.4 Å². The minimum Gasteiger partial charge on any atom is -0.466 e. The van der Waals surface area contributed by atoms with Gasteiger partial charge in [0.2, 0.25) is 0 Å². The zero-order valence-corrected chi connectivity index (χ0v) is 17.5. The standard InChI is InChI=1S/C19H21F3O5SSi/c1-16(23)26-12-14-29(17-8-4-2-5-9-17,18-10-6-3-7-11-18)15-13-27-28(24,25)19(20,21)22/h2-11H,12-15H2,1H3. The summed E-state index contributed by atoms with van der Waals surface area (Å²) in [5.74, 6) is -0.468. The third-order valence-electron chi connectivity index (χ3n) is 4.54. The van der Waals surface area contributed by atoms with Gasteiger partial charge in [0.1, 0.15) is 8.07 Å².